The van der Waals surface area contributed by atoms with Gasteiger partial charge in [-0.05, 0) is 24.3 Å². The highest BCUT2D eigenvalue weighted by Crippen LogP contribution is 2.24. The molecule has 0 unspecified atom stereocenters. The molecule has 0 amide bonds. The third-order valence-corrected chi connectivity index (χ3v) is 4.62. The van der Waals surface area contributed by atoms with Gasteiger partial charge in [-0.15, -0.1) is 0 Å². The van der Waals surface area contributed by atoms with Crippen LogP contribution in [0.1, 0.15) is 0 Å². The molecule has 0 fully saturated rings. The number of benzene rings is 2. The van der Waals surface area contributed by atoms with Crippen molar-refractivity contribution in [2.24, 2.45) is 0 Å². The lowest BCUT2D eigenvalue weighted by Crippen LogP contribution is -2.31. The first-order valence-corrected chi connectivity index (χ1v) is 6.85. The van der Waals surface area contributed by atoms with E-state index >= 15 is 0 Å². The van der Waals surface area contributed by atoms with Gasteiger partial charge in [-0.1, -0.05) is 36.4 Å². The molecular formula is C13H11N2O4S+. The number of hydrogen-bond donors (Lipinski definition) is 1. The Kier molecular flexibility index (Phi) is 4.21. The van der Waals surface area contributed by atoms with E-state index in [4.69, 9.17) is 5.21 Å². The van der Waals surface area contributed by atoms with E-state index in [0.29, 0.717) is 9.79 Å². The van der Waals surface area contributed by atoms with E-state index in [2.05, 4.69) is 0 Å². The molecule has 0 bridgehead atoms. The van der Waals surface area contributed by atoms with E-state index in [9.17, 15) is 15.3 Å². The molecular weight excluding hydrogens is 280 g/mol. The zero-order chi connectivity index (χ0) is 14.5. The summed E-state index contributed by atoms with van der Waals surface area (Å²) in [6, 6.07) is 17.2. The van der Waals surface area contributed by atoms with Crippen LogP contribution in [0.3, 0.4) is 0 Å². The Bertz CT molecular complexity index is 588. The predicted molar refractivity (Wildman–Crippen MR) is 74.2 cm³/mol. The van der Waals surface area contributed by atoms with Crippen LogP contribution in [-0.4, -0.2) is 20.2 Å². The lowest BCUT2D eigenvalue weighted by Gasteiger charge is -2.00. The number of nitro groups is 1. The van der Waals surface area contributed by atoms with Crippen LogP contribution in [0, 0.1) is 15.3 Å². The molecule has 2 aromatic carbocycles. The summed E-state index contributed by atoms with van der Waals surface area (Å²) < 4.78 is 0. The van der Waals surface area contributed by atoms with Gasteiger partial charge in [0, 0.05) is 0 Å². The average Bonchev–Trinajstić information content (AvgIpc) is 2.45. The van der Waals surface area contributed by atoms with Crippen molar-refractivity contribution in [1.29, 1.82) is 0 Å². The normalized spacial score (nSPS) is 12.1. The molecule has 0 aliphatic heterocycles. The largest absolute Gasteiger partial charge is 0.748 e. The zero-order valence-corrected chi connectivity index (χ0v) is 11.1. The van der Waals surface area contributed by atoms with Crippen molar-refractivity contribution < 1.29 is 15.0 Å². The molecule has 7 heteroatoms. The molecule has 0 saturated heterocycles. The standard InChI is InChI=1S/C13H11N2O4S/c16-14(17)13(15(18)19)20(11-7-3-1-4-8-11)12-9-5-2-6-10-12/h1-10H,(H,16,17)/q+1. The molecule has 6 nitrogen and oxygen atoms in total. The number of hydrogen-bond acceptors (Lipinski definition) is 4. The first-order chi connectivity index (χ1) is 9.61. The Labute approximate surface area is 117 Å². The molecule has 0 radical (unpaired) electrons. The summed E-state index contributed by atoms with van der Waals surface area (Å²) in [7, 11) is -1.27. The second kappa shape index (κ2) is 6.07. The quantitative estimate of drug-likeness (QED) is 0.175. The van der Waals surface area contributed by atoms with Gasteiger partial charge in [-0.3, -0.25) is 5.21 Å². The SMILES string of the molecule is O=[N+]([O-])C(=[N+]([O-])O)[S+](c1ccccc1)c1ccccc1. The lowest BCUT2D eigenvalue weighted by atomic mass is 10.4. The van der Waals surface area contributed by atoms with Crippen LogP contribution in [0.5, 0.6) is 0 Å². The van der Waals surface area contributed by atoms with Crippen molar-refractivity contribution in [3.8, 4) is 0 Å². The van der Waals surface area contributed by atoms with E-state index in [-0.39, 0.29) is 0 Å². The monoisotopic (exact) mass is 291 g/mol. The summed E-state index contributed by atoms with van der Waals surface area (Å²) in [6.45, 7) is 0. The maximum Gasteiger partial charge on any atom is 0.748 e. The molecule has 1 N–H and O–H groups in total. The predicted octanol–water partition coefficient (Wildman–Crippen LogP) is 2.26. The average molecular weight is 291 g/mol. The first kappa shape index (κ1) is 13.9. The molecule has 0 aromatic heterocycles. The Morgan fingerprint density at radius 3 is 1.60 bits per heavy atom. The van der Waals surface area contributed by atoms with E-state index in [1.807, 2.05) is 0 Å². The van der Waals surface area contributed by atoms with E-state index < -0.39 is 25.9 Å². The summed E-state index contributed by atoms with van der Waals surface area (Å²) in [5.41, 5.74) is 0. The fourth-order valence-electron chi connectivity index (χ4n) is 1.68. The topological polar surface area (TPSA) is 89.4 Å². The Hall–Kier alpha value is -2.54. The third-order valence-electron chi connectivity index (χ3n) is 2.46. The van der Waals surface area contributed by atoms with Gasteiger partial charge < -0.3 is 5.21 Å². The maximum atomic E-state index is 11.2. The van der Waals surface area contributed by atoms with E-state index in [0.717, 1.165) is 0 Å². The molecule has 0 aliphatic rings. The highest BCUT2D eigenvalue weighted by atomic mass is 32.2. The molecule has 2 aromatic rings. The Morgan fingerprint density at radius 1 is 0.900 bits per heavy atom. The summed E-state index contributed by atoms with van der Waals surface area (Å²) >= 11 is 0. The molecule has 2 rings (SSSR count). The maximum absolute atomic E-state index is 11.2. The van der Waals surface area contributed by atoms with E-state index in [1.165, 1.54) is 0 Å². The van der Waals surface area contributed by atoms with Crippen LogP contribution in [0.15, 0.2) is 70.5 Å². The summed E-state index contributed by atoms with van der Waals surface area (Å²) in [5, 5.41) is 30.6. The molecule has 0 heterocycles. The van der Waals surface area contributed by atoms with Crippen LogP contribution < -0.4 is 0 Å². The third kappa shape index (κ3) is 2.89. The highest BCUT2D eigenvalue weighted by Gasteiger charge is 2.52. The Morgan fingerprint density at radius 2 is 1.30 bits per heavy atom. The zero-order valence-electron chi connectivity index (χ0n) is 10.2. The van der Waals surface area contributed by atoms with Gasteiger partial charge in [-0.2, -0.15) is 0 Å². The van der Waals surface area contributed by atoms with Crippen molar-refractivity contribution in [3.63, 3.8) is 0 Å². The molecule has 20 heavy (non-hydrogen) atoms. The fourth-order valence-corrected chi connectivity index (χ4v) is 3.54. The van der Waals surface area contributed by atoms with Crippen LogP contribution in [0.25, 0.3) is 0 Å². The van der Waals surface area contributed by atoms with Crippen molar-refractivity contribution in [3.05, 3.63) is 76.0 Å². The Balaban J connectivity index is 2.62. The molecule has 0 saturated carbocycles. The summed E-state index contributed by atoms with van der Waals surface area (Å²) in [4.78, 5) is 10.8. The van der Waals surface area contributed by atoms with Gasteiger partial charge in [-0.25, -0.2) is 10.1 Å². The molecule has 0 spiro atoms. The summed E-state index contributed by atoms with van der Waals surface area (Å²) in [5.74, 6) is 0. The van der Waals surface area contributed by atoms with Gasteiger partial charge in [0.05, 0.1) is 0 Å². The minimum atomic E-state index is -1.27. The van der Waals surface area contributed by atoms with Gasteiger partial charge in [0.25, 0.3) is 10.9 Å². The highest BCUT2D eigenvalue weighted by molar-refractivity contribution is 8.10. The van der Waals surface area contributed by atoms with Crippen LogP contribution >= 0.6 is 0 Å². The van der Waals surface area contributed by atoms with Crippen LogP contribution in [0.2, 0.25) is 0 Å². The minimum Gasteiger partial charge on any atom is -0.409 e. The number of amidine groups is 1. The second-order valence-electron chi connectivity index (χ2n) is 3.74. The van der Waals surface area contributed by atoms with E-state index in [1.54, 1.807) is 60.7 Å². The first-order valence-electron chi connectivity index (χ1n) is 5.63. The minimum absolute atomic E-state index is 0.584. The van der Waals surface area contributed by atoms with Crippen molar-refractivity contribution >= 4 is 16.1 Å². The van der Waals surface area contributed by atoms with Crippen LogP contribution in [-0.2, 0) is 10.9 Å². The van der Waals surface area contributed by atoms with Crippen molar-refractivity contribution in [2.45, 2.75) is 9.79 Å². The van der Waals surface area contributed by atoms with Crippen molar-refractivity contribution in [2.75, 3.05) is 0 Å². The molecule has 0 aliphatic carbocycles. The summed E-state index contributed by atoms with van der Waals surface area (Å²) in [6.07, 6.45) is 0. The fraction of sp³-hybridized carbons (Fsp3) is 0. The lowest BCUT2D eigenvalue weighted by molar-refractivity contribution is -0.744. The van der Waals surface area contributed by atoms with Crippen molar-refractivity contribution in [1.82, 2.24) is 0 Å². The number of rotatable bonds is 2. The number of nitrogens with zero attached hydrogens (tertiary/aromatic N) is 2. The van der Waals surface area contributed by atoms with Gasteiger partial charge in [0.2, 0.25) is 0 Å². The smallest absolute Gasteiger partial charge is 0.409 e. The van der Waals surface area contributed by atoms with Gasteiger partial charge >= 0.3 is 5.17 Å². The van der Waals surface area contributed by atoms with Crippen LogP contribution in [0.4, 0.5) is 0 Å². The molecule has 102 valence electrons. The van der Waals surface area contributed by atoms with Gasteiger partial charge in [0.15, 0.2) is 19.6 Å². The molecule has 0 atom stereocenters. The second-order valence-corrected chi connectivity index (χ2v) is 5.67. The van der Waals surface area contributed by atoms with Gasteiger partial charge in [0.1, 0.15) is 0 Å².